The van der Waals surface area contributed by atoms with Crippen molar-refractivity contribution < 1.29 is 34.2 Å². The number of benzene rings is 1. The topological polar surface area (TPSA) is 230 Å². The Balaban J connectivity index is 2.24. The number of H-pyrrole nitrogens is 1. The molecule has 4 unspecified atom stereocenters. The third-order valence-electron chi connectivity index (χ3n) is 6.55. The first-order chi connectivity index (χ1) is 18.9. The molecule has 40 heavy (non-hydrogen) atoms. The Morgan fingerprint density at radius 1 is 0.900 bits per heavy atom. The van der Waals surface area contributed by atoms with Crippen LogP contribution in [0.25, 0.3) is 10.9 Å². The molecule has 10 N–H and O–H groups in total. The lowest BCUT2D eigenvalue weighted by Crippen LogP contribution is -2.58. The molecule has 0 saturated heterocycles. The Labute approximate surface area is 232 Å². The monoisotopic (exact) mass is 560 g/mol. The number of carboxylic acids is 2. The van der Waals surface area contributed by atoms with Gasteiger partial charge in [0.2, 0.25) is 17.7 Å². The predicted octanol–water partition coefficient (Wildman–Crippen LogP) is 0.227. The van der Waals surface area contributed by atoms with Crippen LogP contribution in [0.1, 0.15) is 51.5 Å². The SMILES string of the molecule is CC(C)C(NC(=O)C(Cc1c[nH]c2ccccc12)NC(=O)C(N)CCC(=O)O)C(=O)NC(CCCCN)C(=O)O. The summed E-state index contributed by atoms with van der Waals surface area (Å²) < 4.78 is 0. The average molecular weight is 561 g/mol. The number of hydrogen-bond donors (Lipinski definition) is 8. The van der Waals surface area contributed by atoms with Crippen molar-refractivity contribution in [2.75, 3.05) is 6.54 Å². The van der Waals surface area contributed by atoms with E-state index in [9.17, 15) is 29.1 Å². The molecule has 1 heterocycles. The maximum Gasteiger partial charge on any atom is 0.326 e. The number of amides is 3. The van der Waals surface area contributed by atoms with Crippen LogP contribution >= 0.6 is 0 Å². The summed E-state index contributed by atoms with van der Waals surface area (Å²) in [5.74, 6) is -4.77. The van der Waals surface area contributed by atoms with Crippen molar-refractivity contribution in [3.63, 3.8) is 0 Å². The zero-order valence-corrected chi connectivity index (χ0v) is 22.8. The highest BCUT2D eigenvalue weighted by Crippen LogP contribution is 2.19. The van der Waals surface area contributed by atoms with Crippen LogP contribution in [0, 0.1) is 5.92 Å². The molecule has 220 valence electrons. The summed E-state index contributed by atoms with van der Waals surface area (Å²) in [6, 6.07) is 2.85. The largest absolute Gasteiger partial charge is 0.481 e. The van der Waals surface area contributed by atoms with Crippen LogP contribution < -0.4 is 27.4 Å². The van der Waals surface area contributed by atoms with Crippen LogP contribution in [0.3, 0.4) is 0 Å². The van der Waals surface area contributed by atoms with Gasteiger partial charge in [0.15, 0.2) is 0 Å². The summed E-state index contributed by atoms with van der Waals surface area (Å²) in [6.45, 7) is 3.79. The summed E-state index contributed by atoms with van der Waals surface area (Å²) in [6.07, 6.45) is 2.62. The second kappa shape index (κ2) is 15.6. The van der Waals surface area contributed by atoms with Gasteiger partial charge in [-0.2, -0.15) is 0 Å². The first-order valence-electron chi connectivity index (χ1n) is 13.3. The van der Waals surface area contributed by atoms with Gasteiger partial charge in [0.05, 0.1) is 6.04 Å². The standard InChI is InChI=1S/C27H40N6O7/c1-15(2)23(26(38)31-20(27(39)40)9-5-6-12-28)33-25(37)21(32-24(36)18(29)10-11-22(34)35)13-16-14-30-19-8-4-3-7-17(16)19/h3-4,7-8,14-15,18,20-21,23,30H,5-6,9-13,28-29H2,1-2H3,(H,31,38)(H,32,36)(H,33,37)(H,34,35)(H,39,40). The van der Waals surface area contributed by atoms with E-state index in [2.05, 4.69) is 20.9 Å². The maximum atomic E-state index is 13.5. The molecule has 0 aliphatic carbocycles. The number of carbonyl (C=O) groups is 5. The third-order valence-corrected chi connectivity index (χ3v) is 6.55. The summed E-state index contributed by atoms with van der Waals surface area (Å²) >= 11 is 0. The van der Waals surface area contributed by atoms with Crippen LogP contribution in [0.15, 0.2) is 30.5 Å². The number of rotatable bonds is 17. The molecule has 0 fully saturated rings. The van der Waals surface area contributed by atoms with E-state index in [1.54, 1.807) is 20.0 Å². The number of aromatic nitrogens is 1. The lowest BCUT2D eigenvalue weighted by molar-refractivity contribution is -0.143. The highest BCUT2D eigenvalue weighted by molar-refractivity contribution is 5.95. The Bertz CT molecular complexity index is 1180. The van der Waals surface area contributed by atoms with Crippen LogP contribution in [0.2, 0.25) is 0 Å². The molecule has 0 radical (unpaired) electrons. The van der Waals surface area contributed by atoms with Crippen LogP contribution in [0.5, 0.6) is 0 Å². The molecule has 1 aromatic heterocycles. The molecule has 2 aromatic rings. The summed E-state index contributed by atoms with van der Waals surface area (Å²) in [5.41, 5.74) is 12.9. The third kappa shape index (κ3) is 9.65. The maximum absolute atomic E-state index is 13.5. The van der Waals surface area contributed by atoms with Crippen molar-refractivity contribution in [1.82, 2.24) is 20.9 Å². The molecule has 3 amide bonds. The van der Waals surface area contributed by atoms with Crippen molar-refractivity contribution >= 4 is 40.6 Å². The van der Waals surface area contributed by atoms with Crippen LogP contribution in [-0.4, -0.2) is 75.6 Å². The number of aliphatic carboxylic acids is 2. The van der Waals surface area contributed by atoms with Gasteiger partial charge in [-0.05, 0) is 49.8 Å². The quantitative estimate of drug-likeness (QED) is 0.124. The van der Waals surface area contributed by atoms with E-state index in [0.717, 1.165) is 16.5 Å². The number of unbranched alkanes of at least 4 members (excludes halogenated alkanes) is 1. The molecular weight excluding hydrogens is 520 g/mol. The van der Waals surface area contributed by atoms with Crippen LogP contribution in [-0.2, 0) is 30.4 Å². The number of fused-ring (bicyclic) bond motifs is 1. The Hall–Kier alpha value is -3.97. The Morgan fingerprint density at radius 3 is 2.20 bits per heavy atom. The van der Waals surface area contributed by atoms with Crippen molar-refractivity contribution in [3.05, 3.63) is 36.0 Å². The summed E-state index contributed by atoms with van der Waals surface area (Å²) in [5, 5.41) is 27.0. The number of aromatic amines is 1. The second-order valence-electron chi connectivity index (χ2n) is 10.1. The molecule has 0 aliphatic rings. The number of para-hydroxylation sites is 1. The number of hydrogen-bond acceptors (Lipinski definition) is 7. The van der Waals surface area contributed by atoms with Crippen molar-refractivity contribution in [2.45, 2.75) is 76.5 Å². The van der Waals surface area contributed by atoms with Crippen molar-refractivity contribution in [1.29, 1.82) is 0 Å². The van der Waals surface area contributed by atoms with Gasteiger partial charge in [-0.15, -0.1) is 0 Å². The zero-order chi connectivity index (χ0) is 29.8. The van der Waals surface area contributed by atoms with Gasteiger partial charge in [0.1, 0.15) is 18.1 Å². The molecule has 0 aliphatic heterocycles. The van der Waals surface area contributed by atoms with Gasteiger partial charge >= 0.3 is 11.9 Å². The minimum Gasteiger partial charge on any atom is -0.481 e. The van der Waals surface area contributed by atoms with Gasteiger partial charge in [-0.25, -0.2) is 4.79 Å². The zero-order valence-electron chi connectivity index (χ0n) is 22.8. The summed E-state index contributed by atoms with van der Waals surface area (Å²) in [7, 11) is 0. The highest BCUT2D eigenvalue weighted by atomic mass is 16.4. The molecule has 1 aromatic carbocycles. The number of nitrogens with two attached hydrogens (primary N) is 2. The van der Waals surface area contributed by atoms with E-state index >= 15 is 0 Å². The van der Waals surface area contributed by atoms with Crippen molar-refractivity contribution in [3.8, 4) is 0 Å². The lowest BCUT2D eigenvalue weighted by atomic mass is 9.99. The van der Waals surface area contributed by atoms with Crippen molar-refractivity contribution in [2.24, 2.45) is 17.4 Å². The van der Waals surface area contributed by atoms with E-state index in [0.29, 0.717) is 19.4 Å². The number of nitrogens with one attached hydrogen (secondary N) is 4. The first-order valence-corrected chi connectivity index (χ1v) is 13.3. The molecule has 2 rings (SSSR count). The number of carboxylic acid groups (broad SMARTS) is 2. The highest BCUT2D eigenvalue weighted by Gasteiger charge is 2.32. The summed E-state index contributed by atoms with van der Waals surface area (Å²) in [4.78, 5) is 65.1. The smallest absolute Gasteiger partial charge is 0.326 e. The fraction of sp³-hybridized carbons (Fsp3) is 0.519. The fourth-order valence-electron chi connectivity index (χ4n) is 4.22. The van der Waals surface area contributed by atoms with E-state index in [-0.39, 0.29) is 25.7 Å². The fourth-order valence-corrected chi connectivity index (χ4v) is 4.22. The average Bonchev–Trinajstić information content (AvgIpc) is 3.31. The van der Waals surface area contributed by atoms with Gasteiger partial charge < -0.3 is 42.6 Å². The minimum atomic E-state index is -1.20. The van der Waals surface area contributed by atoms with Gasteiger partial charge in [0, 0.05) is 29.9 Å². The predicted molar refractivity (Wildman–Crippen MR) is 148 cm³/mol. The van der Waals surface area contributed by atoms with Gasteiger partial charge in [-0.3, -0.25) is 19.2 Å². The van der Waals surface area contributed by atoms with E-state index < -0.39 is 59.7 Å². The minimum absolute atomic E-state index is 0.0521. The molecule has 0 spiro atoms. The molecule has 13 heteroatoms. The lowest BCUT2D eigenvalue weighted by Gasteiger charge is -2.27. The number of carbonyl (C=O) groups excluding carboxylic acids is 3. The van der Waals surface area contributed by atoms with Crippen LogP contribution in [0.4, 0.5) is 0 Å². The normalized spacial score (nSPS) is 14.2. The van der Waals surface area contributed by atoms with E-state index in [1.807, 2.05) is 24.3 Å². The Kier molecular flexibility index (Phi) is 12.6. The first kappa shape index (κ1) is 32.2. The Morgan fingerprint density at radius 2 is 1.57 bits per heavy atom. The van der Waals surface area contributed by atoms with E-state index in [4.69, 9.17) is 16.6 Å². The molecular formula is C27H40N6O7. The molecule has 13 nitrogen and oxygen atoms in total. The molecule has 4 atom stereocenters. The van der Waals surface area contributed by atoms with Gasteiger partial charge in [-0.1, -0.05) is 32.0 Å². The molecule has 0 bridgehead atoms. The molecule has 0 saturated carbocycles. The van der Waals surface area contributed by atoms with Gasteiger partial charge in [0.25, 0.3) is 0 Å². The second-order valence-corrected chi connectivity index (χ2v) is 10.1. The van der Waals surface area contributed by atoms with E-state index in [1.165, 1.54) is 0 Å².